The third-order valence-corrected chi connectivity index (χ3v) is 6.93. The highest BCUT2D eigenvalue weighted by molar-refractivity contribution is 7.08. The number of amides is 2. The van der Waals surface area contributed by atoms with Gasteiger partial charge in [-0.15, -0.1) is 0 Å². The number of thiophene rings is 1. The second-order valence-electron chi connectivity index (χ2n) is 8.47. The van der Waals surface area contributed by atoms with Gasteiger partial charge in [0.25, 0.3) is 0 Å². The molecule has 0 saturated carbocycles. The number of nitrogens with one attached hydrogen (secondary N) is 1. The number of aryl methyl sites for hydroxylation is 1. The van der Waals surface area contributed by atoms with Gasteiger partial charge in [0.1, 0.15) is 0 Å². The van der Waals surface area contributed by atoms with Crippen molar-refractivity contribution >= 4 is 23.2 Å². The summed E-state index contributed by atoms with van der Waals surface area (Å²) in [5, 5.41) is 7.05. The molecule has 0 aliphatic carbocycles. The van der Waals surface area contributed by atoms with Crippen LogP contribution in [0.4, 0.5) is 0 Å². The fraction of sp³-hybridized carbons (Fsp3) is 0.308. The highest BCUT2D eigenvalue weighted by Gasteiger charge is 2.45. The molecule has 1 aromatic heterocycles. The van der Waals surface area contributed by atoms with Gasteiger partial charge in [0.05, 0.1) is 11.8 Å². The summed E-state index contributed by atoms with van der Waals surface area (Å²) >= 11 is 1.68. The third kappa shape index (κ3) is 4.72. The molecule has 1 aliphatic heterocycles. The quantitative estimate of drug-likeness (QED) is 0.625. The zero-order chi connectivity index (χ0) is 21.8. The molecule has 0 radical (unpaired) electrons. The molecule has 0 bridgehead atoms. The topological polar surface area (TPSA) is 49.4 Å². The maximum absolute atomic E-state index is 12.9. The summed E-state index contributed by atoms with van der Waals surface area (Å²) in [7, 11) is 1.68. The molecule has 1 fully saturated rings. The van der Waals surface area contributed by atoms with Crippen LogP contribution >= 0.6 is 11.3 Å². The van der Waals surface area contributed by atoms with Crippen LogP contribution in [0.5, 0.6) is 0 Å². The monoisotopic (exact) mass is 432 g/mol. The molecule has 0 spiro atoms. The standard InChI is InChI=1S/C26H28N2O2S/c1-19-3-5-20(6-4-19)15-24(29)28-13-12-26(18-28,25(30)27-2)16-21-7-9-22(10-8-21)23-11-14-31-17-23/h3-11,14,17H,12-13,15-16,18H2,1-2H3,(H,27,30)/t26-/m0/s1. The molecular formula is C26H28N2O2S. The molecule has 4 rings (SSSR count). The lowest BCUT2D eigenvalue weighted by atomic mass is 9.79. The van der Waals surface area contributed by atoms with Crippen molar-refractivity contribution in [3.63, 3.8) is 0 Å². The highest BCUT2D eigenvalue weighted by Crippen LogP contribution is 2.35. The summed E-state index contributed by atoms with van der Waals surface area (Å²) in [5.41, 5.74) is 5.13. The summed E-state index contributed by atoms with van der Waals surface area (Å²) in [4.78, 5) is 27.7. The van der Waals surface area contributed by atoms with Gasteiger partial charge in [0.15, 0.2) is 0 Å². The zero-order valence-corrected chi connectivity index (χ0v) is 18.9. The van der Waals surface area contributed by atoms with Gasteiger partial charge in [-0.3, -0.25) is 9.59 Å². The lowest BCUT2D eigenvalue weighted by Gasteiger charge is -2.28. The molecule has 2 amide bonds. The van der Waals surface area contributed by atoms with E-state index in [4.69, 9.17) is 0 Å². The van der Waals surface area contributed by atoms with Crippen LogP contribution in [0.25, 0.3) is 11.1 Å². The maximum atomic E-state index is 12.9. The summed E-state index contributed by atoms with van der Waals surface area (Å²) in [6.45, 7) is 3.12. The Morgan fingerprint density at radius 3 is 2.35 bits per heavy atom. The van der Waals surface area contributed by atoms with Crippen LogP contribution in [0.15, 0.2) is 65.4 Å². The smallest absolute Gasteiger partial charge is 0.228 e. The average Bonchev–Trinajstić information content (AvgIpc) is 3.47. The molecule has 3 aromatic rings. The highest BCUT2D eigenvalue weighted by atomic mass is 32.1. The van der Waals surface area contributed by atoms with E-state index in [9.17, 15) is 9.59 Å². The van der Waals surface area contributed by atoms with Crippen molar-refractivity contribution in [1.82, 2.24) is 10.2 Å². The Balaban J connectivity index is 1.47. The van der Waals surface area contributed by atoms with Gasteiger partial charge in [0.2, 0.25) is 11.8 Å². The van der Waals surface area contributed by atoms with Crippen LogP contribution < -0.4 is 5.32 Å². The summed E-state index contributed by atoms with van der Waals surface area (Å²) in [6.07, 6.45) is 1.68. The number of hydrogen-bond acceptors (Lipinski definition) is 3. The lowest BCUT2D eigenvalue weighted by molar-refractivity contribution is -0.132. The number of carbonyl (C=O) groups excluding carboxylic acids is 2. The fourth-order valence-electron chi connectivity index (χ4n) is 4.39. The minimum absolute atomic E-state index is 0.0139. The number of benzene rings is 2. The number of nitrogens with zero attached hydrogens (tertiary/aromatic N) is 1. The lowest BCUT2D eigenvalue weighted by Crippen LogP contribution is -2.44. The predicted molar refractivity (Wildman–Crippen MR) is 126 cm³/mol. The third-order valence-electron chi connectivity index (χ3n) is 6.24. The van der Waals surface area contributed by atoms with Gasteiger partial charge in [-0.05, 0) is 58.8 Å². The summed E-state index contributed by atoms with van der Waals surface area (Å²) in [5.74, 6) is 0.0995. The van der Waals surface area contributed by atoms with E-state index in [0.717, 1.165) is 11.1 Å². The normalized spacial score (nSPS) is 18.2. The molecule has 4 nitrogen and oxygen atoms in total. The Labute approximate surface area is 187 Å². The molecule has 2 heterocycles. The van der Waals surface area contributed by atoms with Crippen molar-refractivity contribution in [2.45, 2.75) is 26.2 Å². The first-order valence-electron chi connectivity index (χ1n) is 10.7. The molecule has 1 atom stereocenters. The minimum Gasteiger partial charge on any atom is -0.359 e. The number of rotatable bonds is 6. The summed E-state index contributed by atoms with van der Waals surface area (Å²) < 4.78 is 0. The molecular weight excluding hydrogens is 404 g/mol. The number of carbonyl (C=O) groups is 2. The largest absolute Gasteiger partial charge is 0.359 e. The minimum atomic E-state index is -0.582. The van der Waals surface area contributed by atoms with Gasteiger partial charge < -0.3 is 10.2 Å². The van der Waals surface area contributed by atoms with Crippen LogP contribution in [-0.2, 0) is 22.4 Å². The van der Waals surface area contributed by atoms with Crippen LogP contribution in [-0.4, -0.2) is 36.9 Å². The summed E-state index contributed by atoms with van der Waals surface area (Å²) in [6, 6.07) is 18.6. The average molecular weight is 433 g/mol. The first kappa shape index (κ1) is 21.3. The molecule has 5 heteroatoms. The van der Waals surface area contributed by atoms with Crippen molar-refractivity contribution in [3.8, 4) is 11.1 Å². The van der Waals surface area contributed by atoms with E-state index in [1.165, 1.54) is 16.7 Å². The van der Waals surface area contributed by atoms with E-state index < -0.39 is 5.41 Å². The van der Waals surface area contributed by atoms with Gasteiger partial charge in [-0.1, -0.05) is 54.1 Å². The second kappa shape index (κ2) is 9.06. The van der Waals surface area contributed by atoms with Crippen LogP contribution in [0.2, 0.25) is 0 Å². The SMILES string of the molecule is CNC(=O)[C@]1(Cc2ccc(-c3ccsc3)cc2)CCN(C(=O)Cc2ccc(C)cc2)C1. The van der Waals surface area contributed by atoms with E-state index in [1.54, 1.807) is 18.4 Å². The number of hydrogen-bond donors (Lipinski definition) is 1. The van der Waals surface area contributed by atoms with Crippen molar-refractivity contribution in [2.24, 2.45) is 5.41 Å². The molecule has 1 aliphatic rings. The second-order valence-corrected chi connectivity index (χ2v) is 9.25. The van der Waals surface area contributed by atoms with Crippen LogP contribution in [0.3, 0.4) is 0 Å². The van der Waals surface area contributed by atoms with Gasteiger partial charge in [0, 0.05) is 20.1 Å². The van der Waals surface area contributed by atoms with E-state index in [0.29, 0.717) is 32.4 Å². The maximum Gasteiger partial charge on any atom is 0.228 e. The number of likely N-dealkylation sites (tertiary alicyclic amines) is 1. The van der Waals surface area contributed by atoms with Crippen molar-refractivity contribution in [2.75, 3.05) is 20.1 Å². The van der Waals surface area contributed by atoms with Gasteiger partial charge in [-0.25, -0.2) is 0 Å². The Bertz CT molecular complexity index is 1040. The van der Waals surface area contributed by atoms with Crippen molar-refractivity contribution in [3.05, 3.63) is 82.0 Å². The van der Waals surface area contributed by atoms with Crippen LogP contribution in [0.1, 0.15) is 23.1 Å². The molecule has 160 valence electrons. The molecule has 31 heavy (non-hydrogen) atoms. The Morgan fingerprint density at radius 2 is 1.71 bits per heavy atom. The Kier molecular flexibility index (Phi) is 6.23. The molecule has 1 N–H and O–H groups in total. The van der Waals surface area contributed by atoms with Crippen LogP contribution in [0, 0.1) is 12.3 Å². The van der Waals surface area contributed by atoms with E-state index in [2.05, 4.69) is 46.4 Å². The Hall–Kier alpha value is -2.92. The first-order valence-corrected chi connectivity index (χ1v) is 11.6. The zero-order valence-electron chi connectivity index (χ0n) is 18.1. The molecule has 0 unspecified atom stereocenters. The van der Waals surface area contributed by atoms with E-state index in [1.807, 2.05) is 36.1 Å². The van der Waals surface area contributed by atoms with Crippen molar-refractivity contribution in [1.29, 1.82) is 0 Å². The van der Waals surface area contributed by atoms with E-state index in [-0.39, 0.29) is 11.8 Å². The first-order chi connectivity index (χ1) is 15.0. The van der Waals surface area contributed by atoms with E-state index >= 15 is 0 Å². The molecule has 2 aromatic carbocycles. The Morgan fingerprint density at radius 1 is 1.00 bits per heavy atom. The van der Waals surface area contributed by atoms with Gasteiger partial charge >= 0.3 is 0 Å². The predicted octanol–water partition coefficient (Wildman–Crippen LogP) is 4.47. The fourth-order valence-corrected chi connectivity index (χ4v) is 5.05. The molecule has 1 saturated heterocycles. The van der Waals surface area contributed by atoms with Gasteiger partial charge in [-0.2, -0.15) is 11.3 Å². The van der Waals surface area contributed by atoms with Crippen molar-refractivity contribution < 1.29 is 9.59 Å².